The van der Waals surface area contributed by atoms with Crippen LogP contribution in [0.3, 0.4) is 0 Å². The summed E-state index contributed by atoms with van der Waals surface area (Å²) in [6.45, 7) is 0.274. The summed E-state index contributed by atoms with van der Waals surface area (Å²) in [6.07, 6.45) is -0.279. The third-order valence-electron chi connectivity index (χ3n) is 8.94. The molecule has 3 amide bonds. The number of urea groups is 1. The topological polar surface area (TPSA) is 115 Å². The van der Waals surface area contributed by atoms with Gasteiger partial charge in [-0.15, -0.1) is 0 Å². The second kappa shape index (κ2) is 15.6. The number of benzene rings is 4. The standard InChI is InChI=1S/C40H40N4O5/c1-49-33-19-11-17-31(23-33)27-44-35(25-29-14-6-3-7-15-29)38(46)37(45)34(24-28-12-4-2-5-13-28)43(40(44)48)26-30-16-10-18-32(22-30)39(47)42-36-20-8-9-21-41-36/h2-23,34-35,37-38,45-46H,24-27H2,1H3,(H,41,42,47)/t34-,35-,37+,38+/m1/s1. The fraction of sp³-hybridized carbons (Fsp3) is 0.225. The molecule has 1 aromatic heterocycles. The number of carbonyl (C=O) groups excluding carboxylic acids is 2. The van der Waals surface area contributed by atoms with Gasteiger partial charge < -0.3 is 30.1 Å². The Bertz CT molecular complexity index is 1840. The lowest BCUT2D eigenvalue weighted by Gasteiger charge is -2.36. The van der Waals surface area contributed by atoms with E-state index in [1.54, 1.807) is 59.5 Å². The van der Waals surface area contributed by atoms with Crippen molar-refractivity contribution in [2.75, 3.05) is 12.4 Å². The second-order valence-corrected chi connectivity index (χ2v) is 12.3. The highest BCUT2D eigenvalue weighted by molar-refractivity contribution is 6.03. The van der Waals surface area contributed by atoms with E-state index in [1.165, 1.54) is 0 Å². The fourth-order valence-electron chi connectivity index (χ4n) is 6.42. The van der Waals surface area contributed by atoms with E-state index in [0.29, 0.717) is 35.5 Å². The molecule has 1 fully saturated rings. The van der Waals surface area contributed by atoms with Gasteiger partial charge >= 0.3 is 6.03 Å². The van der Waals surface area contributed by atoms with E-state index < -0.39 is 24.3 Å². The fourth-order valence-corrected chi connectivity index (χ4v) is 6.42. The summed E-state index contributed by atoms with van der Waals surface area (Å²) in [7, 11) is 1.59. The lowest BCUT2D eigenvalue weighted by atomic mass is 9.91. The predicted molar refractivity (Wildman–Crippen MR) is 188 cm³/mol. The molecule has 0 aliphatic carbocycles. The summed E-state index contributed by atoms with van der Waals surface area (Å²) in [4.78, 5) is 35.6. The summed E-state index contributed by atoms with van der Waals surface area (Å²) < 4.78 is 5.47. The second-order valence-electron chi connectivity index (χ2n) is 12.3. The quantitative estimate of drug-likeness (QED) is 0.168. The molecule has 49 heavy (non-hydrogen) atoms. The molecule has 9 heteroatoms. The first-order chi connectivity index (χ1) is 23.9. The lowest BCUT2D eigenvalue weighted by Crippen LogP contribution is -2.50. The minimum Gasteiger partial charge on any atom is -0.497 e. The van der Waals surface area contributed by atoms with Crippen LogP contribution < -0.4 is 10.1 Å². The molecular formula is C40H40N4O5. The number of methoxy groups -OCH3 is 1. The highest BCUT2D eigenvalue weighted by Gasteiger charge is 2.46. The molecule has 0 unspecified atom stereocenters. The van der Waals surface area contributed by atoms with E-state index in [9.17, 15) is 19.8 Å². The smallest absolute Gasteiger partial charge is 0.321 e. The molecular weight excluding hydrogens is 616 g/mol. The molecule has 0 bridgehead atoms. The van der Waals surface area contributed by atoms with Gasteiger partial charge in [0.15, 0.2) is 0 Å². The Morgan fingerprint density at radius 3 is 1.78 bits per heavy atom. The Morgan fingerprint density at radius 1 is 0.694 bits per heavy atom. The number of aromatic nitrogens is 1. The van der Waals surface area contributed by atoms with Crippen molar-refractivity contribution in [3.63, 3.8) is 0 Å². The average Bonchev–Trinajstić information content (AvgIpc) is 3.20. The van der Waals surface area contributed by atoms with E-state index in [0.717, 1.165) is 16.7 Å². The number of aliphatic hydroxyl groups is 2. The van der Waals surface area contributed by atoms with Gasteiger partial charge in [-0.3, -0.25) is 4.79 Å². The van der Waals surface area contributed by atoms with Crippen LogP contribution in [0.15, 0.2) is 134 Å². The zero-order valence-corrected chi connectivity index (χ0v) is 27.3. The van der Waals surface area contributed by atoms with E-state index >= 15 is 0 Å². The first kappa shape index (κ1) is 33.4. The summed E-state index contributed by atoms with van der Waals surface area (Å²) in [6, 6.07) is 37.3. The first-order valence-electron chi connectivity index (χ1n) is 16.3. The van der Waals surface area contributed by atoms with Crippen molar-refractivity contribution < 1.29 is 24.5 Å². The lowest BCUT2D eigenvalue weighted by molar-refractivity contribution is -0.0408. The Kier molecular flexibility index (Phi) is 10.6. The van der Waals surface area contributed by atoms with Crippen LogP contribution in [0.25, 0.3) is 0 Å². The number of ether oxygens (including phenoxy) is 1. The van der Waals surface area contributed by atoms with Crippen LogP contribution in [0, 0.1) is 0 Å². The molecule has 2 heterocycles. The van der Waals surface area contributed by atoms with Gasteiger partial charge in [-0.2, -0.15) is 0 Å². The normalized spacial score (nSPS) is 19.3. The van der Waals surface area contributed by atoms with Gasteiger partial charge in [0.2, 0.25) is 0 Å². The zero-order valence-electron chi connectivity index (χ0n) is 27.3. The van der Waals surface area contributed by atoms with Gasteiger partial charge in [0, 0.05) is 24.8 Å². The molecule has 1 saturated heterocycles. The maximum atomic E-state index is 15.0. The van der Waals surface area contributed by atoms with Gasteiger partial charge in [-0.25, -0.2) is 9.78 Å². The van der Waals surface area contributed by atoms with Crippen LogP contribution in [0.5, 0.6) is 5.75 Å². The highest BCUT2D eigenvalue weighted by Crippen LogP contribution is 2.30. The van der Waals surface area contributed by atoms with Crippen molar-refractivity contribution in [2.24, 2.45) is 0 Å². The van der Waals surface area contributed by atoms with Crippen LogP contribution >= 0.6 is 0 Å². The minimum absolute atomic E-state index is 0.0947. The number of rotatable bonds is 11. The number of nitrogens with zero attached hydrogens (tertiary/aromatic N) is 3. The van der Waals surface area contributed by atoms with E-state index in [2.05, 4.69) is 10.3 Å². The third-order valence-corrected chi connectivity index (χ3v) is 8.94. The summed E-state index contributed by atoms with van der Waals surface area (Å²) in [5.74, 6) is 0.749. The molecule has 4 aromatic carbocycles. The van der Waals surface area contributed by atoms with Gasteiger partial charge in [0.05, 0.1) is 19.2 Å². The largest absolute Gasteiger partial charge is 0.497 e. The third kappa shape index (κ3) is 8.14. The Labute approximate surface area is 286 Å². The van der Waals surface area contributed by atoms with E-state index in [-0.39, 0.29) is 25.0 Å². The van der Waals surface area contributed by atoms with E-state index in [1.807, 2.05) is 91.0 Å². The van der Waals surface area contributed by atoms with Gasteiger partial charge in [0.1, 0.15) is 23.8 Å². The molecule has 6 rings (SSSR count). The molecule has 250 valence electrons. The van der Waals surface area contributed by atoms with Crippen molar-refractivity contribution in [3.8, 4) is 5.75 Å². The van der Waals surface area contributed by atoms with Crippen molar-refractivity contribution in [3.05, 3.63) is 161 Å². The molecule has 0 spiro atoms. The van der Waals surface area contributed by atoms with E-state index in [4.69, 9.17) is 4.74 Å². The van der Waals surface area contributed by atoms with Gasteiger partial charge in [0.25, 0.3) is 5.91 Å². The number of carbonyl (C=O) groups is 2. The van der Waals surface area contributed by atoms with Crippen LogP contribution in [0.4, 0.5) is 10.6 Å². The van der Waals surface area contributed by atoms with Crippen molar-refractivity contribution in [2.45, 2.75) is 50.2 Å². The molecule has 9 nitrogen and oxygen atoms in total. The number of hydrogen-bond donors (Lipinski definition) is 3. The summed E-state index contributed by atoms with van der Waals surface area (Å²) in [5.41, 5.74) is 3.77. The summed E-state index contributed by atoms with van der Waals surface area (Å²) >= 11 is 0. The minimum atomic E-state index is -1.27. The zero-order chi connectivity index (χ0) is 34.2. The monoisotopic (exact) mass is 656 g/mol. The number of aliphatic hydroxyl groups excluding tert-OH is 2. The highest BCUT2D eigenvalue weighted by atomic mass is 16.5. The molecule has 1 aliphatic heterocycles. The maximum absolute atomic E-state index is 15.0. The number of hydrogen-bond acceptors (Lipinski definition) is 6. The Morgan fingerprint density at radius 2 is 1.22 bits per heavy atom. The Balaban J connectivity index is 1.39. The van der Waals surface area contributed by atoms with Crippen molar-refractivity contribution >= 4 is 17.8 Å². The van der Waals surface area contributed by atoms with Crippen LogP contribution in [-0.2, 0) is 25.9 Å². The average molecular weight is 657 g/mol. The van der Waals surface area contributed by atoms with Gasteiger partial charge in [-0.05, 0) is 71.5 Å². The van der Waals surface area contributed by atoms with Crippen LogP contribution in [-0.4, -0.2) is 68.3 Å². The van der Waals surface area contributed by atoms with Gasteiger partial charge in [-0.1, -0.05) is 91.0 Å². The molecule has 1 aliphatic rings. The maximum Gasteiger partial charge on any atom is 0.321 e. The molecule has 0 radical (unpaired) electrons. The number of pyridine rings is 1. The molecule has 5 aromatic rings. The molecule has 4 atom stereocenters. The summed E-state index contributed by atoms with van der Waals surface area (Å²) in [5, 5.41) is 26.8. The van der Waals surface area contributed by atoms with Crippen molar-refractivity contribution in [1.29, 1.82) is 0 Å². The molecule has 0 saturated carbocycles. The van der Waals surface area contributed by atoms with Crippen molar-refractivity contribution in [1.82, 2.24) is 14.8 Å². The van der Waals surface area contributed by atoms with Crippen LogP contribution in [0.2, 0.25) is 0 Å². The Hall–Kier alpha value is -5.51. The number of nitrogens with one attached hydrogen (secondary N) is 1. The first-order valence-corrected chi connectivity index (χ1v) is 16.3. The number of amides is 3. The van der Waals surface area contributed by atoms with Crippen LogP contribution in [0.1, 0.15) is 32.6 Å². The number of anilines is 1. The predicted octanol–water partition coefficient (Wildman–Crippen LogP) is 5.72. The molecule has 3 N–H and O–H groups in total. The SMILES string of the molecule is COc1cccc(CN2C(=O)N(Cc3cccc(C(=O)Nc4ccccn4)c3)[C@H](Cc3ccccc3)[C@H](O)[C@@H](O)[C@H]2Cc2ccccc2)c1.